The van der Waals surface area contributed by atoms with Crippen LogP contribution in [-0.4, -0.2) is 60.3 Å². The first-order valence-electron chi connectivity index (χ1n) is 10.6. The molecule has 160 valence electrons. The van der Waals surface area contributed by atoms with Crippen molar-refractivity contribution in [1.29, 1.82) is 0 Å². The van der Waals surface area contributed by atoms with Crippen LogP contribution in [0.25, 0.3) is 10.9 Å². The molecule has 2 heterocycles. The summed E-state index contributed by atoms with van der Waals surface area (Å²) in [5, 5.41) is 0.866. The Balaban J connectivity index is 1.25. The predicted molar refractivity (Wildman–Crippen MR) is 115 cm³/mol. The monoisotopic (exact) mass is 419 g/mol. The fourth-order valence-electron chi connectivity index (χ4n) is 4.24. The van der Waals surface area contributed by atoms with Gasteiger partial charge in [0.2, 0.25) is 11.8 Å². The van der Waals surface area contributed by atoms with Crippen molar-refractivity contribution < 1.29 is 19.0 Å². The molecular formula is C24H25N3O4. The molecule has 1 saturated carbocycles. The minimum absolute atomic E-state index is 0.179. The molecule has 2 aromatic carbocycles. The van der Waals surface area contributed by atoms with E-state index in [9.17, 15) is 4.79 Å². The summed E-state index contributed by atoms with van der Waals surface area (Å²) in [5.41, 5.74) is 1.49. The van der Waals surface area contributed by atoms with Crippen molar-refractivity contribution >= 4 is 16.8 Å². The van der Waals surface area contributed by atoms with Gasteiger partial charge in [-0.2, -0.15) is 0 Å². The molecule has 1 aliphatic carbocycles. The highest BCUT2D eigenvalue weighted by molar-refractivity contribution is 5.91. The number of carbonyl (C=O) groups excluding carboxylic acids is 1. The van der Waals surface area contributed by atoms with E-state index in [1.165, 1.54) is 6.33 Å². The number of aromatic nitrogens is 2. The van der Waals surface area contributed by atoms with Gasteiger partial charge < -0.3 is 19.1 Å². The highest BCUT2D eigenvalue weighted by Gasteiger charge is 2.53. The summed E-state index contributed by atoms with van der Waals surface area (Å²) in [4.78, 5) is 23.9. The van der Waals surface area contributed by atoms with Gasteiger partial charge in [-0.15, -0.1) is 0 Å². The van der Waals surface area contributed by atoms with Crippen LogP contribution in [0, 0.1) is 0 Å². The number of benzene rings is 2. The third-order valence-corrected chi connectivity index (χ3v) is 6.14. The normalized spacial score (nSPS) is 19.8. The highest BCUT2D eigenvalue weighted by Crippen LogP contribution is 2.50. The first-order valence-corrected chi connectivity index (χ1v) is 10.6. The molecule has 2 aliphatic rings. The second-order valence-corrected chi connectivity index (χ2v) is 8.06. The maximum Gasteiger partial charge on any atom is 0.233 e. The van der Waals surface area contributed by atoms with Gasteiger partial charge in [-0.05, 0) is 42.7 Å². The zero-order valence-electron chi connectivity index (χ0n) is 17.5. The summed E-state index contributed by atoms with van der Waals surface area (Å²) < 4.78 is 17.1. The molecule has 0 N–H and O–H groups in total. The van der Waals surface area contributed by atoms with E-state index in [1.54, 1.807) is 7.11 Å². The van der Waals surface area contributed by atoms with Crippen molar-refractivity contribution in [2.45, 2.75) is 24.4 Å². The first kappa shape index (κ1) is 19.8. The molecule has 0 bridgehead atoms. The molecule has 31 heavy (non-hydrogen) atoms. The fraction of sp³-hybridized carbons (Fsp3) is 0.375. The van der Waals surface area contributed by atoms with Crippen LogP contribution in [0.1, 0.15) is 18.4 Å². The molecule has 1 amide bonds. The number of rotatable bonds is 6. The second-order valence-electron chi connectivity index (χ2n) is 8.06. The zero-order valence-corrected chi connectivity index (χ0v) is 17.5. The molecule has 1 aliphatic heterocycles. The van der Waals surface area contributed by atoms with E-state index >= 15 is 0 Å². The summed E-state index contributed by atoms with van der Waals surface area (Å²) in [6.45, 7) is 1.95. The summed E-state index contributed by atoms with van der Waals surface area (Å²) in [5.74, 6) is 1.51. The number of ether oxygens (including phenoxy) is 3. The molecule has 1 atom stereocenters. The Bertz CT molecular complexity index is 1080. The lowest BCUT2D eigenvalue weighted by Gasteiger charge is -2.35. The van der Waals surface area contributed by atoms with Crippen LogP contribution in [-0.2, 0) is 14.9 Å². The molecular weight excluding hydrogens is 394 g/mol. The molecule has 0 radical (unpaired) electrons. The Morgan fingerprint density at radius 2 is 1.97 bits per heavy atom. The lowest BCUT2D eigenvalue weighted by molar-refractivity contribution is -0.142. The number of hydrogen-bond acceptors (Lipinski definition) is 6. The Morgan fingerprint density at radius 3 is 2.74 bits per heavy atom. The van der Waals surface area contributed by atoms with Gasteiger partial charge in [0, 0.05) is 6.54 Å². The molecule has 2 fully saturated rings. The van der Waals surface area contributed by atoms with Gasteiger partial charge in [-0.1, -0.05) is 24.3 Å². The number of hydrogen-bond donors (Lipinski definition) is 0. The van der Waals surface area contributed by atoms with Crippen molar-refractivity contribution in [3.05, 3.63) is 60.4 Å². The smallest absolute Gasteiger partial charge is 0.233 e. The van der Waals surface area contributed by atoms with E-state index in [-0.39, 0.29) is 12.0 Å². The largest absolute Gasteiger partial charge is 0.497 e. The molecule has 7 heteroatoms. The van der Waals surface area contributed by atoms with Crippen molar-refractivity contribution in [2.24, 2.45) is 0 Å². The van der Waals surface area contributed by atoms with E-state index in [1.807, 2.05) is 53.4 Å². The third kappa shape index (κ3) is 3.81. The Hall–Kier alpha value is -3.19. The van der Waals surface area contributed by atoms with Gasteiger partial charge in [-0.25, -0.2) is 9.97 Å². The molecule has 0 spiro atoms. The van der Waals surface area contributed by atoms with Crippen LogP contribution in [0.3, 0.4) is 0 Å². The van der Waals surface area contributed by atoms with Gasteiger partial charge in [0.25, 0.3) is 0 Å². The van der Waals surface area contributed by atoms with Crippen molar-refractivity contribution in [2.75, 3.05) is 33.4 Å². The number of para-hydroxylation sites is 1. The lowest BCUT2D eigenvalue weighted by atomic mass is 9.94. The molecule has 1 aromatic heterocycles. The van der Waals surface area contributed by atoms with Crippen LogP contribution in [0.15, 0.2) is 54.9 Å². The van der Waals surface area contributed by atoms with E-state index < -0.39 is 5.41 Å². The number of morpholine rings is 1. The van der Waals surface area contributed by atoms with Crippen molar-refractivity contribution in [3.63, 3.8) is 0 Å². The van der Waals surface area contributed by atoms with Crippen molar-refractivity contribution in [3.8, 4) is 11.6 Å². The minimum atomic E-state index is -0.405. The number of carbonyl (C=O) groups is 1. The summed E-state index contributed by atoms with van der Waals surface area (Å²) >= 11 is 0. The molecule has 7 nitrogen and oxygen atoms in total. The van der Waals surface area contributed by atoms with Gasteiger partial charge >= 0.3 is 0 Å². The number of nitrogens with zero attached hydrogens (tertiary/aromatic N) is 3. The van der Waals surface area contributed by atoms with Gasteiger partial charge in [0.15, 0.2) is 0 Å². The van der Waals surface area contributed by atoms with Crippen LogP contribution in [0.4, 0.5) is 0 Å². The Kier molecular flexibility index (Phi) is 5.19. The van der Waals surface area contributed by atoms with Crippen LogP contribution in [0.5, 0.6) is 11.6 Å². The van der Waals surface area contributed by atoms with Gasteiger partial charge in [-0.3, -0.25) is 4.79 Å². The molecule has 5 rings (SSSR count). The number of methoxy groups -OCH3 is 1. The Labute approximate surface area is 181 Å². The number of fused-ring (bicyclic) bond motifs is 1. The average molecular weight is 419 g/mol. The SMILES string of the molecule is COc1ccc(C2(C(=O)N3CCOC(COc4ncnc5ccccc45)C3)CC2)cc1. The predicted octanol–water partition coefficient (Wildman–Crippen LogP) is 2.98. The molecule has 1 unspecified atom stereocenters. The van der Waals surface area contributed by atoms with Crippen LogP contribution < -0.4 is 9.47 Å². The number of amides is 1. The van der Waals surface area contributed by atoms with E-state index in [2.05, 4.69) is 9.97 Å². The minimum Gasteiger partial charge on any atom is -0.497 e. The van der Waals surface area contributed by atoms with Crippen LogP contribution in [0.2, 0.25) is 0 Å². The molecule has 3 aromatic rings. The standard InChI is InChI=1S/C24H25N3O4/c1-29-18-8-6-17(7-9-18)24(10-11-24)23(28)27-12-13-30-19(14-27)15-31-22-20-4-2-3-5-21(20)25-16-26-22/h2-9,16,19H,10-15H2,1H3. The maximum atomic E-state index is 13.4. The van der Waals surface area contributed by atoms with Crippen LogP contribution >= 0.6 is 0 Å². The van der Waals surface area contributed by atoms with E-state index in [0.717, 1.165) is 35.1 Å². The topological polar surface area (TPSA) is 73.8 Å². The van der Waals surface area contributed by atoms with E-state index in [4.69, 9.17) is 14.2 Å². The maximum absolute atomic E-state index is 13.4. The Morgan fingerprint density at radius 1 is 1.16 bits per heavy atom. The molecule has 1 saturated heterocycles. The zero-order chi connectivity index (χ0) is 21.3. The van der Waals surface area contributed by atoms with E-state index in [0.29, 0.717) is 32.2 Å². The quantitative estimate of drug-likeness (QED) is 0.612. The van der Waals surface area contributed by atoms with Gasteiger partial charge in [0.05, 0.1) is 36.6 Å². The third-order valence-electron chi connectivity index (χ3n) is 6.14. The van der Waals surface area contributed by atoms with Gasteiger partial charge in [0.1, 0.15) is 24.8 Å². The van der Waals surface area contributed by atoms with Crippen molar-refractivity contribution in [1.82, 2.24) is 14.9 Å². The summed E-state index contributed by atoms with van der Waals surface area (Å²) in [6.07, 6.45) is 3.06. The lowest BCUT2D eigenvalue weighted by Crippen LogP contribution is -2.50. The average Bonchev–Trinajstić information content (AvgIpc) is 3.64. The fourth-order valence-corrected chi connectivity index (χ4v) is 4.24. The first-order chi connectivity index (χ1) is 15.2. The highest BCUT2D eigenvalue weighted by atomic mass is 16.5. The summed E-state index contributed by atoms with van der Waals surface area (Å²) in [7, 11) is 1.65. The summed E-state index contributed by atoms with van der Waals surface area (Å²) in [6, 6.07) is 15.6. The second kappa shape index (κ2) is 8.15.